The summed E-state index contributed by atoms with van der Waals surface area (Å²) in [7, 11) is 3.45. The number of nitrogen functional groups attached to an aromatic ring is 2. The van der Waals surface area contributed by atoms with E-state index in [2.05, 4.69) is 0 Å². The van der Waals surface area contributed by atoms with Crippen LogP contribution in [0.5, 0.6) is 0 Å². The normalized spacial score (nSPS) is 10.0. The van der Waals surface area contributed by atoms with Crippen LogP contribution in [-0.2, 0) is 4.79 Å². The van der Waals surface area contributed by atoms with Crippen molar-refractivity contribution < 1.29 is 4.79 Å². The maximum Gasteiger partial charge on any atom is 0.222 e. The second-order valence-electron chi connectivity index (χ2n) is 4.06. The van der Waals surface area contributed by atoms with E-state index in [4.69, 9.17) is 23.7 Å². The molecule has 4 N–H and O–H groups in total. The molecule has 0 aromatic heterocycles. The molecule has 0 unspecified atom stereocenters. The largest absolute Gasteiger partial charge is 0.399 e. The van der Waals surface area contributed by atoms with Crippen molar-refractivity contribution in [3.8, 4) is 0 Å². The Morgan fingerprint density at radius 1 is 1.29 bits per heavy atom. The first kappa shape index (κ1) is 13.4. The lowest BCUT2D eigenvalue weighted by atomic mass is 10.1. The molecule has 1 amide bonds. The van der Waals surface area contributed by atoms with Crippen LogP contribution in [0.3, 0.4) is 0 Å². The van der Waals surface area contributed by atoms with E-state index in [1.165, 1.54) is 0 Å². The Labute approximate surface area is 107 Å². The summed E-state index contributed by atoms with van der Waals surface area (Å²) in [5.41, 5.74) is 13.4. The van der Waals surface area contributed by atoms with Crippen molar-refractivity contribution in [1.29, 1.82) is 0 Å². The zero-order valence-corrected chi connectivity index (χ0v) is 10.9. The first-order chi connectivity index (χ1) is 7.91. The Balaban J connectivity index is 2.68. The maximum atomic E-state index is 11.4. The van der Waals surface area contributed by atoms with Crippen LogP contribution < -0.4 is 11.5 Å². The molecule has 0 saturated heterocycles. The molecule has 4 nitrogen and oxygen atoms in total. The lowest BCUT2D eigenvalue weighted by molar-refractivity contribution is -0.128. The molecule has 0 aliphatic carbocycles. The van der Waals surface area contributed by atoms with E-state index in [1.807, 2.05) is 0 Å². The van der Waals surface area contributed by atoms with Crippen molar-refractivity contribution in [2.45, 2.75) is 12.8 Å². The van der Waals surface area contributed by atoms with Crippen LogP contribution in [-0.4, -0.2) is 29.8 Å². The summed E-state index contributed by atoms with van der Waals surface area (Å²) in [6.07, 6.45) is 0.927. The Bertz CT molecular complexity index is 443. The van der Waals surface area contributed by atoms with Gasteiger partial charge in [-0.25, -0.2) is 0 Å². The molecule has 1 aromatic rings. The third-order valence-corrected chi connectivity index (χ3v) is 2.86. The van der Waals surface area contributed by atoms with Crippen LogP contribution in [0.1, 0.15) is 18.4 Å². The van der Waals surface area contributed by atoms with Gasteiger partial charge in [-0.05, 0) is 24.6 Å². The van der Waals surface area contributed by atoms with Crippen molar-refractivity contribution in [2.24, 2.45) is 0 Å². The monoisotopic (exact) mass is 251 g/mol. The van der Waals surface area contributed by atoms with Gasteiger partial charge in [0.15, 0.2) is 0 Å². The predicted octanol–water partition coefficient (Wildman–Crippen LogP) is 1.44. The number of thiocarbonyl (C=S) groups is 1. The minimum absolute atomic E-state index is 0.0568. The van der Waals surface area contributed by atoms with Gasteiger partial charge in [-0.3, -0.25) is 4.79 Å². The third kappa shape index (κ3) is 3.71. The number of carbonyl (C=O) groups excluding carboxylic acids is 1. The van der Waals surface area contributed by atoms with E-state index in [9.17, 15) is 4.79 Å². The van der Waals surface area contributed by atoms with E-state index in [0.29, 0.717) is 29.1 Å². The minimum atomic E-state index is 0.0568. The second kappa shape index (κ2) is 5.63. The van der Waals surface area contributed by atoms with Gasteiger partial charge in [0.25, 0.3) is 0 Å². The average Bonchev–Trinajstić information content (AvgIpc) is 2.25. The number of amides is 1. The van der Waals surface area contributed by atoms with Gasteiger partial charge in [0, 0.05) is 42.3 Å². The molecule has 0 atom stereocenters. The van der Waals surface area contributed by atoms with Crippen LogP contribution in [0.2, 0.25) is 0 Å². The fourth-order valence-corrected chi connectivity index (χ4v) is 1.70. The first-order valence-electron chi connectivity index (χ1n) is 5.30. The van der Waals surface area contributed by atoms with Crippen molar-refractivity contribution in [2.75, 3.05) is 25.6 Å². The van der Waals surface area contributed by atoms with Crippen LogP contribution in [0.15, 0.2) is 18.2 Å². The molecule has 0 fully saturated rings. The maximum absolute atomic E-state index is 11.4. The van der Waals surface area contributed by atoms with Gasteiger partial charge in [-0.15, -0.1) is 0 Å². The van der Waals surface area contributed by atoms with E-state index >= 15 is 0 Å². The summed E-state index contributed by atoms with van der Waals surface area (Å²) in [5.74, 6) is 0.0568. The lowest BCUT2D eigenvalue weighted by Gasteiger charge is -2.11. The first-order valence-corrected chi connectivity index (χ1v) is 5.71. The highest BCUT2D eigenvalue weighted by atomic mass is 32.1. The zero-order valence-electron chi connectivity index (χ0n) is 10.1. The number of hydrogen-bond acceptors (Lipinski definition) is 4. The van der Waals surface area contributed by atoms with Gasteiger partial charge in [0.1, 0.15) is 0 Å². The molecule has 0 bridgehead atoms. The highest BCUT2D eigenvalue weighted by molar-refractivity contribution is 7.80. The van der Waals surface area contributed by atoms with Gasteiger partial charge in [0.2, 0.25) is 5.91 Å². The topological polar surface area (TPSA) is 72.3 Å². The molecule has 17 heavy (non-hydrogen) atoms. The number of nitrogens with zero attached hydrogens (tertiary/aromatic N) is 1. The minimum Gasteiger partial charge on any atom is -0.399 e. The molecular formula is C12H17N3OS. The van der Waals surface area contributed by atoms with E-state index < -0.39 is 0 Å². The Kier molecular flexibility index (Phi) is 4.45. The molecule has 5 heteroatoms. The number of hydrogen-bond donors (Lipinski definition) is 2. The smallest absolute Gasteiger partial charge is 0.222 e. The van der Waals surface area contributed by atoms with Crippen molar-refractivity contribution in [1.82, 2.24) is 4.90 Å². The van der Waals surface area contributed by atoms with Gasteiger partial charge in [0.05, 0.1) is 0 Å². The zero-order chi connectivity index (χ0) is 13.0. The van der Waals surface area contributed by atoms with Crippen LogP contribution in [0.4, 0.5) is 11.4 Å². The molecule has 1 rings (SSSR count). The fourth-order valence-electron chi connectivity index (χ4n) is 1.41. The molecule has 1 aromatic carbocycles. The van der Waals surface area contributed by atoms with Crippen LogP contribution >= 0.6 is 12.2 Å². The fraction of sp³-hybridized carbons (Fsp3) is 0.333. The average molecular weight is 251 g/mol. The van der Waals surface area contributed by atoms with Crippen LogP contribution in [0, 0.1) is 0 Å². The van der Waals surface area contributed by atoms with Gasteiger partial charge < -0.3 is 16.4 Å². The highest BCUT2D eigenvalue weighted by Crippen LogP contribution is 2.18. The molecule has 92 valence electrons. The summed E-state index contributed by atoms with van der Waals surface area (Å²) in [6.45, 7) is 0. The van der Waals surface area contributed by atoms with Crippen molar-refractivity contribution >= 4 is 34.4 Å². The molecular weight excluding hydrogens is 234 g/mol. The van der Waals surface area contributed by atoms with Gasteiger partial charge >= 0.3 is 0 Å². The highest BCUT2D eigenvalue weighted by Gasteiger charge is 2.09. The second-order valence-corrected chi connectivity index (χ2v) is 4.55. The number of rotatable bonds is 4. The quantitative estimate of drug-likeness (QED) is 0.482. The molecule has 0 aliphatic rings. The number of benzene rings is 1. The number of nitrogens with two attached hydrogens (primary N) is 2. The summed E-state index contributed by atoms with van der Waals surface area (Å²) in [5, 5.41) is 0. The van der Waals surface area contributed by atoms with E-state index in [1.54, 1.807) is 37.2 Å². The lowest BCUT2D eigenvalue weighted by Crippen LogP contribution is -2.22. The van der Waals surface area contributed by atoms with E-state index in [-0.39, 0.29) is 5.91 Å². The molecule has 0 aliphatic heterocycles. The summed E-state index contributed by atoms with van der Waals surface area (Å²) in [6, 6.07) is 5.23. The Hall–Kier alpha value is -1.62. The number of anilines is 2. The number of carbonyl (C=O) groups is 1. The molecule has 0 heterocycles. The Morgan fingerprint density at radius 2 is 1.94 bits per heavy atom. The molecule has 0 saturated carbocycles. The predicted molar refractivity (Wildman–Crippen MR) is 74.9 cm³/mol. The van der Waals surface area contributed by atoms with Gasteiger partial charge in [-0.2, -0.15) is 0 Å². The SMILES string of the molecule is CN(C)C(=O)CCC(=S)c1ccc(N)cc1N. The molecule has 0 radical (unpaired) electrons. The summed E-state index contributed by atoms with van der Waals surface area (Å²) < 4.78 is 0. The Morgan fingerprint density at radius 3 is 2.47 bits per heavy atom. The van der Waals surface area contributed by atoms with E-state index in [0.717, 1.165) is 5.56 Å². The van der Waals surface area contributed by atoms with Crippen molar-refractivity contribution in [3.63, 3.8) is 0 Å². The summed E-state index contributed by atoms with van der Waals surface area (Å²) >= 11 is 5.26. The van der Waals surface area contributed by atoms with Crippen LogP contribution in [0.25, 0.3) is 0 Å². The standard InChI is InChI=1S/C12H17N3OS/c1-15(2)12(16)6-5-11(17)9-4-3-8(13)7-10(9)14/h3-4,7H,5-6,13-14H2,1-2H3. The summed E-state index contributed by atoms with van der Waals surface area (Å²) in [4.78, 5) is 13.7. The molecule has 0 spiro atoms. The third-order valence-electron chi connectivity index (χ3n) is 2.44. The van der Waals surface area contributed by atoms with Crippen molar-refractivity contribution in [3.05, 3.63) is 23.8 Å². The van der Waals surface area contributed by atoms with Gasteiger partial charge in [-0.1, -0.05) is 12.2 Å².